The second-order valence-corrected chi connectivity index (χ2v) is 5.49. The van der Waals surface area contributed by atoms with E-state index in [2.05, 4.69) is 0 Å². The van der Waals surface area contributed by atoms with Crippen molar-refractivity contribution in [1.29, 1.82) is 0 Å². The van der Waals surface area contributed by atoms with Gasteiger partial charge in [-0.2, -0.15) is 0 Å². The molecule has 2 heterocycles. The minimum Gasteiger partial charge on any atom is -0.497 e. The fourth-order valence-corrected chi connectivity index (χ4v) is 3.01. The van der Waals surface area contributed by atoms with E-state index in [0.717, 1.165) is 11.3 Å². The Labute approximate surface area is 133 Å². The molecule has 118 valence electrons. The van der Waals surface area contributed by atoms with Crippen LogP contribution in [0.4, 0.5) is 5.69 Å². The van der Waals surface area contributed by atoms with E-state index in [4.69, 9.17) is 19.9 Å². The van der Waals surface area contributed by atoms with E-state index in [1.807, 2.05) is 42.5 Å². The highest BCUT2D eigenvalue weighted by Gasteiger charge is 2.47. The van der Waals surface area contributed by atoms with Gasteiger partial charge in [-0.25, -0.2) is 0 Å². The summed E-state index contributed by atoms with van der Waals surface area (Å²) < 4.78 is 16.0. The Balaban J connectivity index is 1.70. The lowest BCUT2D eigenvalue weighted by atomic mass is 9.88. The Bertz CT molecular complexity index is 777. The molecular weight excluding hydrogens is 296 g/mol. The lowest BCUT2D eigenvalue weighted by Crippen LogP contribution is -2.63. The Morgan fingerprint density at radius 3 is 2.83 bits per heavy atom. The zero-order valence-corrected chi connectivity index (χ0v) is 12.6. The SMILES string of the molecule is COc1cccc(N2C(=O)[C@@H](N)[C@@H]2c2ccc3c(c2)OCO3)c1. The molecule has 2 aromatic rings. The standard InChI is InChI=1S/C17H16N2O4/c1-21-12-4-2-3-11(8-12)19-16(15(18)17(19)20)10-5-6-13-14(7-10)23-9-22-13/h2-8,15-16H,9,18H2,1H3/t15-,16-/m0/s1. The van der Waals surface area contributed by atoms with Crippen LogP contribution < -0.4 is 24.8 Å². The molecule has 0 unspecified atom stereocenters. The Morgan fingerprint density at radius 1 is 1.17 bits per heavy atom. The third-order valence-corrected chi connectivity index (χ3v) is 4.21. The normalized spacial score (nSPS) is 22.0. The van der Waals surface area contributed by atoms with E-state index in [0.29, 0.717) is 17.2 Å². The van der Waals surface area contributed by atoms with Gasteiger partial charge in [0.15, 0.2) is 11.5 Å². The number of nitrogens with two attached hydrogens (primary N) is 1. The number of rotatable bonds is 3. The van der Waals surface area contributed by atoms with E-state index in [1.54, 1.807) is 12.0 Å². The van der Waals surface area contributed by atoms with Gasteiger partial charge in [-0.3, -0.25) is 4.79 Å². The number of nitrogens with zero attached hydrogens (tertiary/aromatic N) is 1. The van der Waals surface area contributed by atoms with Gasteiger partial charge in [0, 0.05) is 11.8 Å². The topological polar surface area (TPSA) is 74.0 Å². The monoisotopic (exact) mass is 312 g/mol. The maximum absolute atomic E-state index is 12.3. The van der Waals surface area contributed by atoms with E-state index in [1.165, 1.54) is 0 Å². The van der Waals surface area contributed by atoms with Crippen LogP contribution in [0.15, 0.2) is 42.5 Å². The lowest BCUT2D eigenvalue weighted by Gasteiger charge is -2.45. The molecule has 1 amide bonds. The summed E-state index contributed by atoms with van der Waals surface area (Å²) in [7, 11) is 1.60. The number of carbonyl (C=O) groups excluding carboxylic acids is 1. The van der Waals surface area contributed by atoms with Gasteiger partial charge in [-0.15, -0.1) is 0 Å². The smallest absolute Gasteiger partial charge is 0.247 e. The molecule has 2 N–H and O–H groups in total. The fourth-order valence-electron chi connectivity index (χ4n) is 3.01. The van der Waals surface area contributed by atoms with Gasteiger partial charge < -0.3 is 24.8 Å². The number of hydrogen-bond acceptors (Lipinski definition) is 5. The molecule has 2 aliphatic rings. The van der Waals surface area contributed by atoms with Crippen LogP contribution in [0.2, 0.25) is 0 Å². The highest BCUT2D eigenvalue weighted by Crippen LogP contribution is 2.42. The van der Waals surface area contributed by atoms with Crippen LogP contribution in [-0.4, -0.2) is 25.9 Å². The quantitative estimate of drug-likeness (QED) is 0.875. The van der Waals surface area contributed by atoms with Crippen molar-refractivity contribution >= 4 is 11.6 Å². The second-order valence-electron chi connectivity index (χ2n) is 5.49. The van der Waals surface area contributed by atoms with Gasteiger partial charge >= 0.3 is 0 Å². The zero-order chi connectivity index (χ0) is 16.0. The molecule has 0 spiro atoms. The van der Waals surface area contributed by atoms with E-state index >= 15 is 0 Å². The molecule has 0 saturated carbocycles. The van der Waals surface area contributed by atoms with Crippen molar-refractivity contribution < 1.29 is 19.0 Å². The zero-order valence-electron chi connectivity index (χ0n) is 12.6. The lowest BCUT2D eigenvalue weighted by molar-refractivity contribution is -0.126. The van der Waals surface area contributed by atoms with Crippen LogP contribution in [0.25, 0.3) is 0 Å². The van der Waals surface area contributed by atoms with Crippen molar-refractivity contribution in [3.63, 3.8) is 0 Å². The summed E-state index contributed by atoms with van der Waals surface area (Å²) in [4.78, 5) is 14.0. The maximum Gasteiger partial charge on any atom is 0.247 e. The first-order chi connectivity index (χ1) is 11.2. The van der Waals surface area contributed by atoms with E-state index in [-0.39, 0.29) is 18.7 Å². The van der Waals surface area contributed by atoms with Crippen molar-refractivity contribution in [2.75, 3.05) is 18.8 Å². The predicted molar refractivity (Wildman–Crippen MR) is 83.8 cm³/mol. The first kappa shape index (κ1) is 13.9. The summed E-state index contributed by atoms with van der Waals surface area (Å²) in [6.45, 7) is 0.216. The van der Waals surface area contributed by atoms with Crippen molar-refractivity contribution in [3.05, 3.63) is 48.0 Å². The summed E-state index contributed by atoms with van der Waals surface area (Å²) in [6.07, 6.45) is 0. The minimum atomic E-state index is -0.568. The van der Waals surface area contributed by atoms with Crippen LogP contribution in [-0.2, 0) is 4.79 Å². The highest BCUT2D eigenvalue weighted by atomic mass is 16.7. The number of hydrogen-bond donors (Lipinski definition) is 1. The Hall–Kier alpha value is -2.73. The van der Waals surface area contributed by atoms with Gasteiger partial charge in [0.05, 0.1) is 13.2 Å². The number of amides is 1. The van der Waals surface area contributed by atoms with Crippen LogP contribution in [0.1, 0.15) is 11.6 Å². The maximum atomic E-state index is 12.3. The number of carbonyl (C=O) groups is 1. The molecular formula is C17H16N2O4. The number of benzene rings is 2. The average molecular weight is 312 g/mol. The molecule has 1 fully saturated rings. The fraction of sp³-hybridized carbons (Fsp3) is 0.235. The van der Waals surface area contributed by atoms with Crippen LogP contribution in [0.3, 0.4) is 0 Å². The highest BCUT2D eigenvalue weighted by molar-refractivity contribution is 6.05. The molecule has 23 heavy (non-hydrogen) atoms. The van der Waals surface area contributed by atoms with Gasteiger partial charge in [0.1, 0.15) is 11.8 Å². The van der Waals surface area contributed by atoms with Gasteiger partial charge in [0.2, 0.25) is 12.7 Å². The van der Waals surface area contributed by atoms with Crippen LogP contribution in [0, 0.1) is 0 Å². The molecule has 2 atom stereocenters. The second kappa shape index (κ2) is 5.17. The third kappa shape index (κ3) is 2.10. The van der Waals surface area contributed by atoms with Crippen molar-refractivity contribution in [2.24, 2.45) is 5.73 Å². The molecule has 2 aliphatic heterocycles. The van der Waals surface area contributed by atoms with E-state index < -0.39 is 6.04 Å². The number of ether oxygens (including phenoxy) is 3. The summed E-state index contributed by atoms with van der Waals surface area (Å²) in [5, 5.41) is 0. The molecule has 6 heteroatoms. The molecule has 0 bridgehead atoms. The van der Waals surface area contributed by atoms with Gasteiger partial charge in [0.25, 0.3) is 0 Å². The summed E-state index contributed by atoms with van der Waals surface area (Å²) in [5.41, 5.74) is 7.73. The van der Waals surface area contributed by atoms with Crippen molar-refractivity contribution in [1.82, 2.24) is 0 Å². The minimum absolute atomic E-state index is 0.110. The molecule has 0 aromatic heterocycles. The van der Waals surface area contributed by atoms with Crippen molar-refractivity contribution in [3.8, 4) is 17.2 Å². The average Bonchev–Trinajstić information content (AvgIpc) is 3.06. The summed E-state index contributed by atoms with van der Waals surface area (Å²) in [5.74, 6) is 1.97. The van der Waals surface area contributed by atoms with Gasteiger partial charge in [-0.05, 0) is 29.8 Å². The van der Waals surface area contributed by atoms with Crippen LogP contribution >= 0.6 is 0 Å². The largest absolute Gasteiger partial charge is 0.497 e. The van der Waals surface area contributed by atoms with Crippen LogP contribution in [0.5, 0.6) is 17.2 Å². The number of methoxy groups -OCH3 is 1. The number of anilines is 1. The number of fused-ring (bicyclic) bond motifs is 1. The molecule has 1 saturated heterocycles. The Kier molecular flexibility index (Phi) is 3.12. The predicted octanol–water partition coefficient (Wildman–Crippen LogP) is 1.84. The summed E-state index contributed by atoms with van der Waals surface area (Å²) in [6, 6.07) is 12.2. The van der Waals surface area contributed by atoms with E-state index in [9.17, 15) is 4.79 Å². The summed E-state index contributed by atoms with van der Waals surface area (Å²) >= 11 is 0. The first-order valence-corrected chi connectivity index (χ1v) is 7.31. The molecule has 0 radical (unpaired) electrons. The molecule has 2 aromatic carbocycles. The van der Waals surface area contributed by atoms with Gasteiger partial charge in [-0.1, -0.05) is 12.1 Å². The molecule has 4 rings (SSSR count). The Morgan fingerprint density at radius 2 is 2.00 bits per heavy atom. The number of β-lactam (4-membered cyclic amide) rings is 1. The molecule has 0 aliphatic carbocycles. The molecule has 6 nitrogen and oxygen atoms in total. The first-order valence-electron chi connectivity index (χ1n) is 7.31. The third-order valence-electron chi connectivity index (χ3n) is 4.21. The van der Waals surface area contributed by atoms with Crippen molar-refractivity contribution in [2.45, 2.75) is 12.1 Å².